The number of rotatable bonds is 3. The van der Waals surface area contributed by atoms with Crippen molar-refractivity contribution in [3.63, 3.8) is 0 Å². The summed E-state index contributed by atoms with van der Waals surface area (Å²) in [5.74, 6) is 0. The maximum atomic E-state index is 4.20. The third-order valence-corrected chi connectivity index (χ3v) is 2.80. The molecular weight excluding hydrogens is 222 g/mol. The van der Waals surface area contributed by atoms with E-state index in [0.717, 1.165) is 17.8 Å². The van der Waals surface area contributed by atoms with Crippen LogP contribution < -0.4 is 0 Å². The fourth-order valence-corrected chi connectivity index (χ4v) is 1.89. The highest BCUT2D eigenvalue weighted by atomic mass is 15.4. The van der Waals surface area contributed by atoms with E-state index in [-0.39, 0.29) is 0 Å². The molecule has 0 bridgehead atoms. The standard InChI is InChI=1S/C15H13N3/c1-3-7-13(8-4-1)11-18-12-15(16-17-18)14-9-5-2-6-10-14/h1-10,12H,11H2. The van der Waals surface area contributed by atoms with Crippen molar-refractivity contribution in [1.82, 2.24) is 15.0 Å². The summed E-state index contributed by atoms with van der Waals surface area (Å²) >= 11 is 0. The van der Waals surface area contributed by atoms with E-state index in [1.807, 2.05) is 59.4 Å². The lowest BCUT2D eigenvalue weighted by Gasteiger charge is -1.99. The molecule has 0 atom stereocenters. The van der Waals surface area contributed by atoms with E-state index in [1.54, 1.807) is 0 Å². The largest absolute Gasteiger partial charge is 0.247 e. The van der Waals surface area contributed by atoms with E-state index in [9.17, 15) is 0 Å². The van der Waals surface area contributed by atoms with Crippen LogP contribution in [0.5, 0.6) is 0 Å². The summed E-state index contributed by atoms with van der Waals surface area (Å²) < 4.78 is 1.86. The quantitative estimate of drug-likeness (QED) is 0.698. The number of hydrogen-bond acceptors (Lipinski definition) is 2. The fourth-order valence-electron chi connectivity index (χ4n) is 1.89. The zero-order valence-corrected chi connectivity index (χ0v) is 9.90. The molecule has 0 fully saturated rings. The molecule has 3 heteroatoms. The number of nitrogens with zero attached hydrogens (tertiary/aromatic N) is 3. The lowest BCUT2D eigenvalue weighted by atomic mass is 10.2. The summed E-state index contributed by atoms with van der Waals surface area (Å²) in [6, 6.07) is 20.3. The first-order chi connectivity index (χ1) is 8.92. The van der Waals surface area contributed by atoms with E-state index in [0.29, 0.717) is 0 Å². The summed E-state index contributed by atoms with van der Waals surface area (Å²) in [6.07, 6.45) is 1.97. The van der Waals surface area contributed by atoms with E-state index in [2.05, 4.69) is 22.4 Å². The predicted molar refractivity (Wildman–Crippen MR) is 71.0 cm³/mol. The SMILES string of the molecule is c1ccc(Cn2cc(-c3ccccc3)nn2)cc1. The zero-order valence-electron chi connectivity index (χ0n) is 9.90. The molecule has 0 saturated heterocycles. The minimum absolute atomic E-state index is 0.751. The Hall–Kier alpha value is -2.42. The minimum atomic E-state index is 0.751. The third kappa shape index (κ3) is 2.30. The van der Waals surface area contributed by atoms with Crippen molar-refractivity contribution in [2.24, 2.45) is 0 Å². The van der Waals surface area contributed by atoms with Gasteiger partial charge >= 0.3 is 0 Å². The first-order valence-corrected chi connectivity index (χ1v) is 5.91. The smallest absolute Gasteiger partial charge is 0.113 e. The van der Waals surface area contributed by atoms with Crippen molar-refractivity contribution in [2.75, 3.05) is 0 Å². The molecule has 0 spiro atoms. The van der Waals surface area contributed by atoms with Gasteiger partial charge in [0.1, 0.15) is 5.69 Å². The van der Waals surface area contributed by atoms with Crippen LogP contribution in [0.25, 0.3) is 11.3 Å². The van der Waals surface area contributed by atoms with Crippen LogP contribution >= 0.6 is 0 Å². The summed E-state index contributed by atoms with van der Waals surface area (Å²) in [4.78, 5) is 0. The van der Waals surface area contributed by atoms with Crippen LogP contribution in [0.15, 0.2) is 66.9 Å². The monoisotopic (exact) mass is 235 g/mol. The molecule has 18 heavy (non-hydrogen) atoms. The minimum Gasteiger partial charge on any atom is -0.247 e. The van der Waals surface area contributed by atoms with Gasteiger partial charge in [0, 0.05) is 5.56 Å². The number of benzene rings is 2. The van der Waals surface area contributed by atoms with Gasteiger partial charge in [-0.1, -0.05) is 65.9 Å². The molecule has 0 aliphatic carbocycles. The van der Waals surface area contributed by atoms with Crippen molar-refractivity contribution in [1.29, 1.82) is 0 Å². The third-order valence-electron chi connectivity index (χ3n) is 2.80. The molecule has 88 valence electrons. The van der Waals surface area contributed by atoms with Crippen molar-refractivity contribution < 1.29 is 0 Å². The lowest BCUT2D eigenvalue weighted by molar-refractivity contribution is 0.650. The Bertz CT molecular complexity index is 615. The van der Waals surface area contributed by atoms with Crippen LogP contribution in [-0.4, -0.2) is 15.0 Å². The maximum absolute atomic E-state index is 4.20. The molecule has 1 heterocycles. The average Bonchev–Trinajstić information content (AvgIpc) is 2.89. The maximum Gasteiger partial charge on any atom is 0.113 e. The van der Waals surface area contributed by atoms with Gasteiger partial charge in [0.05, 0.1) is 12.7 Å². The highest BCUT2D eigenvalue weighted by Gasteiger charge is 2.03. The molecule has 3 rings (SSSR count). The van der Waals surface area contributed by atoms with Gasteiger partial charge in [0.2, 0.25) is 0 Å². The molecule has 0 N–H and O–H groups in total. The summed E-state index contributed by atoms with van der Waals surface area (Å²) in [6.45, 7) is 0.751. The Morgan fingerprint density at radius 2 is 1.50 bits per heavy atom. The first-order valence-electron chi connectivity index (χ1n) is 5.91. The Kier molecular flexibility index (Phi) is 2.88. The summed E-state index contributed by atoms with van der Waals surface area (Å²) in [5, 5.41) is 8.35. The number of hydrogen-bond donors (Lipinski definition) is 0. The molecule has 3 aromatic rings. The average molecular weight is 235 g/mol. The molecule has 0 radical (unpaired) electrons. The van der Waals surface area contributed by atoms with E-state index >= 15 is 0 Å². The van der Waals surface area contributed by atoms with Gasteiger partial charge in [-0.3, -0.25) is 0 Å². The highest BCUT2D eigenvalue weighted by Crippen LogP contribution is 2.15. The molecular formula is C15H13N3. The topological polar surface area (TPSA) is 30.7 Å². The molecule has 2 aromatic carbocycles. The Morgan fingerprint density at radius 3 is 2.22 bits per heavy atom. The molecule has 3 nitrogen and oxygen atoms in total. The molecule has 0 amide bonds. The van der Waals surface area contributed by atoms with E-state index in [4.69, 9.17) is 0 Å². The Balaban J connectivity index is 1.82. The van der Waals surface area contributed by atoms with Crippen LogP contribution in [0.3, 0.4) is 0 Å². The van der Waals surface area contributed by atoms with E-state index in [1.165, 1.54) is 5.56 Å². The van der Waals surface area contributed by atoms with Gasteiger partial charge in [-0.15, -0.1) is 5.10 Å². The predicted octanol–water partition coefficient (Wildman–Crippen LogP) is 2.99. The Morgan fingerprint density at radius 1 is 0.833 bits per heavy atom. The van der Waals surface area contributed by atoms with Crippen LogP contribution in [0, 0.1) is 0 Å². The van der Waals surface area contributed by atoms with Gasteiger partial charge in [0.25, 0.3) is 0 Å². The van der Waals surface area contributed by atoms with E-state index < -0.39 is 0 Å². The Labute approximate surface area is 106 Å². The second-order valence-electron chi connectivity index (χ2n) is 4.15. The zero-order chi connectivity index (χ0) is 12.2. The van der Waals surface area contributed by atoms with Gasteiger partial charge in [0.15, 0.2) is 0 Å². The first kappa shape index (κ1) is 10.7. The molecule has 0 aliphatic rings. The fraction of sp³-hybridized carbons (Fsp3) is 0.0667. The van der Waals surface area contributed by atoms with Crippen molar-refractivity contribution in [3.8, 4) is 11.3 Å². The lowest BCUT2D eigenvalue weighted by Crippen LogP contribution is -1.99. The second kappa shape index (κ2) is 4.84. The highest BCUT2D eigenvalue weighted by molar-refractivity contribution is 5.57. The van der Waals surface area contributed by atoms with Crippen LogP contribution in [0.2, 0.25) is 0 Å². The van der Waals surface area contributed by atoms with Gasteiger partial charge in [-0.05, 0) is 5.56 Å². The summed E-state index contributed by atoms with van der Waals surface area (Å²) in [7, 11) is 0. The van der Waals surface area contributed by atoms with Gasteiger partial charge in [-0.25, -0.2) is 4.68 Å². The van der Waals surface area contributed by atoms with Crippen molar-refractivity contribution in [2.45, 2.75) is 6.54 Å². The van der Waals surface area contributed by atoms with Gasteiger partial charge < -0.3 is 0 Å². The molecule has 1 aromatic heterocycles. The van der Waals surface area contributed by atoms with Gasteiger partial charge in [-0.2, -0.15) is 0 Å². The summed E-state index contributed by atoms with van der Waals surface area (Å²) in [5.41, 5.74) is 3.23. The molecule has 0 saturated carbocycles. The number of aromatic nitrogens is 3. The van der Waals surface area contributed by atoms with Crippen LogP contribution in [-0.2, 0) is 6.54 Å². The second-order valence-corrected chi connectivity index (χ2v) is 4.15. The van der Waals surface area contributed by atoms with Crippen LogP contribution in [0.4, 0.5) is 0 Å². The van der Waals surface area contributed by atoms with Crippen molar-refractivity contribution in [3.05, 3.63) is 72.4 Å². The molecule has 0 unspecified atom stereocenters. The van der Waals surface area contributed by atoms with Crippen molar-refractivity contribution >= 4 is 0 Å². The van der Waals surface area contributed by atoms with Crippen LogP contribution in [0.1, 0.15) is 5.56 Å². The molecule has 0 aliphatic heterocycles. The normalized spacial score (nSPS) is 10.4.